The first kappa shape index (κ1) is 18.6. The molecule has 0 aliphatic carbocycles. The van der Waals surface area contributed by atoms with Crippen molar-refractivity contribution in [2.45, 2.75) is 12.8 Å². The molecule has 4 rings (SSSR count). The SMILES string of the molecule is CN(CCCc1ccccc1)C(=O)c1ccc(-c2ccc3c(c2)OCCO3)s1. The molecule has 2 heterocycles. The maximum absolute atomic E-state index is 12.8. The molecule has 5 heteroatoms. The van der Waals surface area contributed by atoms with Crippen molar-refractivity contribution < 1.29 is 14.3 Å². The Hall–Kier alpha value is -2.79. The van der Waals surface area contributed by atoms with Gasteiger partial charge in [-0.2, -0.15) is 0 Å². The van der Waals surface area contributed by atoms with Crippen molar-refractivity contribution in [3.05, 3.63) is 71.1 Å². The molecule has 0 atom stereocenters. The number of fused-ring (bicyclic) bond motifs is 1. The standard InChI is InChI=1S/C23H23NO3S/c1-24(13-5-8-17-6-3-2-4-7-17)23(25)22-12-11-21(28-22)18-9-10-19-20(16-18)27-15-14-26-19/h2-4,6-7,9-12,16H,5,8,13-15H2,1H3. The van der Waals surface area contributed by atoms with Crippen LogP contribution in [-0.2, 0) is 6.42 Å². The van der Waals surface area contributed by atoms with Crippen LogP contribution in [0.3, 0.4) is 0 Å². The van der Waals surface area contributed by atoms with E-state index < -0.39 is 0 Å². The largest absolute Gasteiger partial charge is 0.486 e. The Bertz CT molecular complexity index is 951. The number of ether oxygens (including phenoxy) is 2. The maximum Gasteiger partial charge on any atom is 0.263 e. The van der Waals surface area contributed by atoms with E-state index in [2.05, 4.69) is 24.3 Å². The van der Waals surface area contributed by atoms with Gasteiger partial charge >= 0.3 is 0 Å². The highest BCUT2D eigenvalue weighted by Gasteiger charge is 2.17. The Labute approximate surface area is 169 Å². The monoisotopic (exact) mass is 393 g/mol. The average molecular weight is 394 g/mol. The van der Waals surface area contributed by atoms with Crippen LogP contribution in [0.25, 0.3) is 10.4 Å². The maximum atomic E-state index is 12.8. The number of thiophene rings is 1. The second-order valence-corrected chi connectivity index (χ2v) is 7.92. The third kappa shape index (κ3) is 4.20. The van der Waals surface area contributed by atoms with Gasteiger partial charge in [-0.25, -0.2) is 0 Å². The Kier molecular flexibility index (Phi) is 5.63. The van der Waals surface area contributed by atoms with Crippen LogP contribution in [0.2, 0.25) is 0 Å². The molecule has 0 saturated carbocycles. The number of carbonyl (C=O) groups excluding carboxylic acids is 1. The third-order valence-corrected chi connectivity index (χ3v) is 5.91. The van der Waals surface area contributed by atoms with E-state index in [0.717, 1.165) is 46.2 Å². The fourth-order valence-electron chi connectivity index (χ4n) is 3.26. The Morgan fingerprint density at radius 3 is 2.61 bits per heavy atom. The number of hydrogen-bond acceptors (Lipinski definition) is 4. The molecule has 0 saturated heterocycles. The summed E-state index contributed by atoms with van der Waals surface area (Å²) in [6, 6.07) is 20.2. The zero-order valence-electron chi connectivity index (χ0n) is 15.9. The number of carbonyl (C=O) groups is 1. The number of hydrogen-bond donors (Lipinski definition) is 0. The molecule has 0 unspecified atom stereocenters. The van der Waals surface area contributed by atoms with Crippen LogP contribution in [0.5, 0.6) is 11.5 Å². The Balaban J connectivity index is 1.38. The average Bonchev–Trinajstić information content (AvgIpc) is 3.24. The van der Waals surface area contributed by atoms with Gasteiger partial charge in [0.05, 0.1) is 4.88 Å². The number of benzene rings is 2. The van der Waals surface area contributed by atoms with E-state index in [1.165, 1.54) is 16.9 Å². The highest BCUT2D eigenvalue weighted by Crippen LogP contribution is 2.37. The number of amides is 1. The van der Waals surface area contributed by atoms with Crippen LogP contribution in [-0.4, -0.2) is 37.6 Å². The third-order valence-electron chi connectivity index (χ3n) is 4.79. The first-order valence-corrected chi connectivity index (χ1v) is 10.3. The molecular weight excluding hydrogens is 370 g/mol. The fourth-order valence-corrected chi connectivity index (χ4v) is 4.26. The first-order chi connectivity index (χ1) is 13.7. The topological polar surface area (TPSA) is 38.8 Å². The Morgan fingerprint density at radius 1 is 1.00 bits per heavy atom. The normalized spacial score (nSPS) is 12.6. The molecule has 0 bridgehead atoms. The van der Waals surface area contributed by atoms with Crippen molar-refractivity contribution in [2.24, 2.45) is 0 Å². The number of nitrogens with zero attached hydrogens (tertiary/aromatic N) is 1. The van der Waals surface area contributed by atoms with Gasteiger partial charge in [-0.1, -0.05) is 30.3 Å². The molecular formula is C23H23NO3S. The molecule has 0 spiro atoms. The zero-order valence-corrected chi connectivity index (χ0v) is 16.7. The van der Waals surface area contributed by atoms with Gasteiger partial charge in [-0.3, -0.25) is 4.79 Å². The van der Waals surface area contributed by atoms with Crippen molar-refractivity contribution in [3.8, 4) is 21.9 Å². The van der Waals surface area contributed by atoms with Crippen LogP contribution >= 0.6 is 11.3 Å². The van der Waals surface area contributed by atoms with Crippen LogP contribution in [0.1, 0.15) is 21.7 Å². The van der Waals surface area contributed by atoms with E-state index >= 15 is 0 Å². The van der Waals surface area contributed by atoms with Gasteiger partial charge in [0.15, 0.2) is 11.5 Å². The summed E-state index contributed by atoms with van der Waals surface area (Å²) in [5, 5.41) is 0. The van der Waals surface area contributed by atoms with Crippen molar-refractivity contribution in [2.75, 3.05) is 26.8 Å². The zero-order chi connectivity index (χ0) is 19.3. The van der Waals surface area contributed by atoms with Gasteiger partial charge in [0.25, 0.3) is 5.91 Å². The summed E-state index contributed by atoms with van der Waals surface area (Å²) < 4.78 is 11.2. The second-order valence-electron chi connectivity index (χ2n) is 6.84. The lowest BCUT2D eigenvalue weighted by Gasteiger charge is -2.18. The predicted molar refractivity (Wildman–Crippen MR) is 112 cm³/mol. The van der Waals surface area contributed by atoms with E-state index in [1.54, 1.807) is 0 Å². The lowest BCUT2D eigenvalue weighted by atomic mass is 10.1. The summed E-state index contributed by atoms with van der Waals surface area (Å²) in [5.41, 5.74) is 2.35. The predicted octanol–water partition coefficient (Wildman–Crippen LogP) is 4.89. The summed E-state index contributed by atoms with van der Waals surface area (Å²) >= 11 is 1.52. The lowest BCUT2D eigenvalue weighted by molar-refractivity contribution is 0.0798. The molecule has 1 amide bonds. The minimum atomic E-state index is 0.0712. The smallest absolute Gasteiger partial charge is 0.263 e. The molecule has 1 aliphatic heterocycles. The van der Waals surface area contributed by atoms with Crippen molar-refractivity contribution in [1.29, 1.82) is 0 Å². The minimum absolute atomic E-state index is 0.0712. The van der Waals surface area contributed by atoms with Gasteiger partial charge in [0.1, 0.15) is 13.2 Å². The van der Waals surface area contributed by atoms with E-state index in [9.17, 15) is 4.79 Å². The van der Waals surface area contributed by atoms with Gasteiger partial charge in [0.2, 0.25) is 0 Å². The molecule has 1 aliphatic rings. The van der Waals surface area contributed by atoms with Gasteiger partial charge in [-0.15, -0.1) is 11.3 Å². The van der Waals surface area contributed by atoms with Crippen LogP contribution in [0.4, 0.5) is 0 Å². The van der Waals surface area contributed by atoms with Gasteiger partial charge in [0, 0.05) is 18.5 Å². The van der Waals surface area contributed by atoms with Crippen molar-refractivity contribution in [3.63, 3.8) is 0 Å². The van der Waals surface area contributed by atoms with Crippen LogP contribution in [0.15, 0.2) is 60.7 Å². The molecule has 1 aromatic heterocycles. The molecule has 2 aromatic carbocycles. The van der Waals surface area contributed by atoms with Crippen LogP contribution in [0, 0.1) is 0 Å². The lowest BCUT2D eigenvalue weighted by Crippen LogP contribution is -2.27. The quantitative estimate of drug-likeness (QED) is 0.598. The summed E-state index contributed by atoms with van der Waals surface area (Å²) in [6.07, 6.45) is 1.93. The molecule has 4 nitrogen and oxygen atoms in total. The highest BCUT2D eigenvalue weighted by atomic mass is 32.1. The molecule has 28 heavy (non-hydrogen) atoms. The summed E-state index contributed by atoms with van der Waals surface area (Å²) in [7, 11) is 1.87. The molecule has 0 N–H and O–H groups in total. The van der Waals surface area contributed by atoms with Gasteiger partial charge < -0.3 is 14.4 Å². The first-order valence-electron chi connectivity index (χ1n) is 9.50. The van der Waals surface area contributed by atoms with Crippen molar-refractivity contribution >= 4 is 17.2 Å². The van der Waals surface area contributed by atoms with Gasteiger partial charge in [-0.05, 0) is 54.3 Å². The highest BCUT2D eigenvalue weighted by molar-refractivity contribution is 7.17. The van der Waals surface area contributed by atoms with E-state index in [-0.39, 0.29) is 5.91 Å². The van der Waals surface area contributed by atoms with Crippen molar-refractivity contribution in [1.82, 2.24) is 4.90 Å². The Morgan fingerprint density at radius 2 is 1.79 bits per heavy atom. The van der Waals surface area contributed by atoms with E-state index in [0.29, 0.717) is 13.2 Å². The van der Waals surface area contributed by atoms with E-state index in [1.807, 2.05) is 48.3 Å². The molecule has 0 fully saturated rings. The minimum Gasteiger partial charge on any atom is -0.486 e. The second kappa shape index (κ2) is 8.48. The van der Waals surface area contributed by atoms with Crippen LogP contribution < -0.4 is 9.47 Å². The number of rotatable bonds is 6. The summed E-state index contributed by atoms with van der Waals surface area (Å²) in [6.45, 7) is 1.89. The molecule has 3 aromatic rings. The summed E-state index contributed by atoms with van der Waals surface area (Å²) in [4.78, 5) is 16.4. The van der Waals surface area contributed by atoms with E-state index in [4.69, 9.17) is 9.47 Å². The number of aryl methyl sites for hydroxylation is 1. The fraction of sp³-hybridized carbons (Fsp3) is 0.261. The molecule has 0 radical (unpaired) electrons. The summed E-state index contributed by atoms with van der Waals surface area (Å²) in [5.74, 6) is 1.62. The molecule has 144 valence electrons.